The first-order valence-electron chi connectivity index (χ1n) is 9.01. The first kappa shape index (κ1) is 18.5. The summed E-state index contributed by atoms with van der Waals surface area (Å²) >= 11 is 0. The molecule has 2 aromatic carbocycles. The van der Waals surface area contributed by atoms with E-state index >= 15 is 0 Å². The number of hydrogen-bond acceptors (Lipinski definition) is 4. The molecule has 1 saturated heterocycles. The second-order valence-electron chi connectivity index (χ2n) is 6.69. The van der Waals surface area contributed by atoms with E-state index in [1.807, 2.05) is 36.4 Å². The van der Waals surface area contributed by atoms with Gasteiger partial charge in [0.2, 0.25) is 0 Å². The number of benzene rings is 2. The van der Waals surface area contributed by atoms with Crippen LogP contribution in [0.2, 0.25) is 0 Å². The van der Waals surface area contributed by atoms with Gasteiger partial charge in [-0.1, -0.05) is 30.3 Å². The molecule has 26 heavy (non-hydrogen) atoms. The van der Waals surface area contributed by atoms with Crippen LogP contribution in [0, 0.1) is 5.82 Å². The van der Waals surface area contributed by atoms with Crippen molar-refractivity contribution in [3.05, 3.63) is 71.0 Å². The molecule has 0 unspecified atom stereocenters. The molecule has 4 nitrogen and oxygen atoms in total. The van der Waals surface area contributed by atoms with Gasteiger partial charge < -0.3 is 4.74 Å². The number of carbonyl (C=O) groups excluding carboxylic acids is 1. The molecule has 0 spiro atoms. The first-order valence-corrected chi connectivity index (χ1v) is 9.01. The Morgan fingerprint density at radius 1 is 0.962 bits per heavy atom. The van der Waals surface area contributed by atoms with Gasteiger partial charge in [0.1, 0.15) is 5.82 Å². The molecule has 138 valence electrons. The molecule has 2 aromatic rings. The average molecular weight is 356 g/mol. The van der Waals surface area contributed by atoms with Gasteiger partial charge in [0, 0.05) is 31.7 Å². The standard InChI is InChI=1S/C21H25FN2O2/c1-26-21(25)18-9-7-17(8-10-18)15-23-11-4-12-24(14-13-23)16-19-5-2-3-6-20(19)22/h2-3,5-10H,4,11-16H2,1H3. The van der Waals surface area contributed by atoms with E-state index in [9.17, 15) is 9.18 Å². The lowest BCUT2D eigenvalue weighted by Crippen LogP contribution is -2.30. The van der Waals surface area contributed by atoms with Gasteiger partial charge in [-0.25, -0.2) is 9.18 Å². The fourth-order valence-electron chi connectivity index (χ4n) is 3.33. The Hall–Kier alpha value is -2.24. The molecule has 0 aromatic heterocycles. The molecule has 0 radical (unpaired) electrons. The highest BCUT2D eigenvalue weighted by Gasteiger charge is 2.16. The van der Waals surface area contributed by atoms with Crippen molar-refractivity contribution in [1.29, 1.82) is 0 Å². The Labute approximate surface area is 154 Å². The van der Waals surface area contributed by atoms with Crippen molar-refractivity contribution in [2.75, 3.05) is 33.3 Å². The fourth-order valence-corrected chi connectivity index (χ4v) is 3.33. The summed E-state index contributed by atoms with van der Waals surface area (Å²) < 4.78 is 18.6. The lowest BCUT2D eigenvalue weighted by Gasteiger charge is -2.22. The molecule has 1 heterocycles. The smallest absolute Gasteiger partial charge is 0.337 e. The molecule has 0 aliphatic carbocycles. The molecule has 5 heteroatoms. The zero-order valence-corrected chi connectivity index (χ0v) is 15.2. The highest BCUT2D eigenvalue weighted by molar-refractivity contribution is 5.89. The third-order valence-electron chi connectivity index (χ3n) is 4.81. The lowest BCUT2D eigenvalue weighted by molar-refractivity contribution is 0.0600. The maximum Gasteiger partial charge on any atom is 0.337 e. The molecule has 1 aliphatic heterocycles. The van der Waals surface area contributed by atoms with Crippen molar-refractivity contribution in [2.24, 2.45) is 0 Å². The van der Waals surface area contributed by atoms with Crippen LogP contribution >= 0.6 is 0 Å². The predicted octanol–water partition coefficient (Wildman–Crippen LogP) is 3.32. The molecular formula is C21H25FN2O2. The van der Waals surface area contributed by atoms with E-state index in [-0.39, 0.29) is 11.8 Å². The number of halogens is 1. The molecule has 0 bridgehead atoms. The van der Waals surface area contributed by atoms with Crippen LogP contribution in [0.4, 0.5) is 4.39 Å². The first-order chi connectivity index (χ1) is 12.7. The van der Waals surface area contributed by atoms with Gasteiger partial charge in [0.05, 0.1) is 12.7 Å². The van der Waals surface area contributed by atoms with Crippen LogP contribution in [-0.2, 0) is 17.8 Å². The summed E-state index contributed by atoms with van der Waals surface area (Å²) in [5.74, 6) is -0.436. The summed E-state index contributed by atoms with van der Waals surface area (Å²) in [5, 5.41) is 0. The van der Waals surface area contributed by atoms with Crippen molar-refractivity contribution >= 4 is 5.97 Å². The van der Waals surface area contributed by atoms with Crippen LogP contribution in [0.15, 0.2) is 48.5 Å². The van der Waals surface area contributed by atoms with Gasteiger partial charge in [0.15, 0.2) is 0 Å². The quantitative estimate of drug-likeness (QED) is 0.770. The van der Waals surface area contributed by atoms with Crippen molar-refractivity contribution < 1.29 is 13.9 Å². The van der Waals surface area contributed by atoms with Gasteiger partial charge in [-0.2, -0.15) is 0 Å². The summed E-state index contributed by atoms with van der Waals surface area (Å²) in [6, 6.07) is 14.6. The normalized spacial score (nSPS) is 16.2. The van der Waals surface area contributed by atoms with Crippen molar-refractivity contribution in [1.82, 2.24) is 9.80 Å². The largest absolute Gasteiger partial charge is 0.465 e. The second-order valence-corrected chi connectivity index (χ2v) is 6.69. The predicted molar refractivity (Wildman–Crippen MR) is 99.4 cm³/mol. The Bertz CT molecular complexity index is 733. The monoisotopic (exact) mass is 356 g/mol. The number of esters is 1. The zero-order valence-electron chi connectivity index (χ0n) is 15.2. The third-order valence-corrected chi connectivity index (χ3v) is 4.81. The molecular weight excluding hydrogens is 331 g/mol. The highest BCUT2D eigenvalue weighted by atomic mass is 19.1. The summed E-state index contributed by atoms with van der Waals surface area (Å²) in [6.45, 7) is 5.39. The minimum absolute atomic E-state index is 0.126. The van der Waals surface area contributed by atoms with E-state index in [4.69, 9.17) is 4.74 Å². The van der Waals surface area contributed by atoms with Crippen molar-refractivity contribution in [3.63, 3.8) is 0 Å². The molecule has 0 N–H and O–H groups in total. The molecule has 0 saturated carbocycles. The van der Waals surface area contributed by atoms with Crippen molar-refractivity contribution in [2.45, 2.75) is 19.5 Å². The summed E-state index contributed by atoms with van der Waals surface area (Å²) in [7, 11) is 1.39. The number of hydrogen-bond donors (Lipinski definition) is 0. The van der Waals surface area contributed by atoms with Crippen molar-refractivity contribution in [3.8, 4) is 0 Å². The maximum atomic E-state index is 13.9. The van der Waals surface area contributed by atoms with E-state index in [1.165, 1.54) is 18.7 Å². The Morgan fingerprint density at radius 3 is 2.27 bits per heavy atom. The Kier molecular flexibility index (Phi) is 6.36. The zero-order chi connectivity index (χ0) is 18.4. The van der Waals surface area contributed by atoms with E-state index in [1.54, 1.807) is 6.07 Å². The minimum atomic E-state index is -0.310. The third kappa shape index (κ3) is 4.90. The molecule has 3 rings (SSSR count). The van der Waals surface area contributed by atoms with Crippen LogP contribution in [0.25, 0.3) is 0 Å². The summed E-state index contributed by atoms with van der Waals surface area (Å²) in [6.07, 6.45) is 1.06. The highest BCUT2D eigenvalue weighted by Crippen LogP contribution is 2.14. The number of rotatable bonds is 5. The summed E-state index contributed by atoms with van der Waals surface area (Å²) in [4.78, 5) is 16.2. The number of ether oxygens (including phenoxy) is 1. The maximum absolute atomic E-state index is 13.9. The summed E-state index contributed by atoms with van der Waals surface area (Å²) in [5.41, 5.74) is 2.52. The van der Waals surface area contributed by atoms with E-state index < -0.39 is 0 Å². The molecule has 1 aliphatic rings. The van der Waals surface area contributed by atoms with E-state index in [0.29, 0.717) is 12.1 Å². The number of nitrogens with zero attached hydrogens (tertiary/aromatic N) is 2. The van der Waals surface area contributed by atoms with Crippen LogP contribution in [0.3, 0.4) is 0 Å². The van der Waals surface area contributed by atoms with Gasteiger partial charge in [0.25, 0.3) is 0 Å². The lowest BCUT2D eigenvalue weighted by atomic mass is 10.1. The van der Waals surface area contributed by atoms with Crippen LogP contribution in [-0.4, -0.2) is 49.1 Å². The van der Waals surface area contributed by atoms with Crippen LogP contribution < -0.4 is 0 Å². The van der Waals surface area contributed by atoms with Crippen LogP contribution in [0.5, 0.6) is 0 Å². The van der Waals surface area contributed by atoms with Gasteiger partial charge in [-0.15, -0.1) is 0 Å². The SMILES string of the molecule is COC(=O)c1ccc(CN2CCCN(Cc3ccccc3F)CC2)cc1. The molecule has 0 amide bonds. The average Bonchev–Trinajstić information content (AvgIpc) is 2.89. The Balaban J connectivity index is 1.54. The minimum Gasteiger partial charge on any atom is -0.465 e. The van der Waals surface area contributed by atoms with Crippen LogP contribution in [0.1, 0.15) is 27.9 Å². The number of methoxy groups -OCH3 is 1. The topological polar surface area (TPSA) is 32.8 Å². The number of carbonyl (C=O) groups is 1. The second kappa shape index (κ2) is 8.92. The van der Waals surface area contributed by atoms with E-state index in [2.05, 4.69) is 9.80 Å². The van der Waals surface area contributed by atoms with Gasteiger partial charge >= 0.3 is 5.97 Å². The van der Waals surface area contributed by atoms with Gasteiger partial charge in [-0.3, -0.25) is 9.80 Å². The van der Waals surface area contributed by atoms with E-state index in [0.717, 1.165) is 44.7 Å². The van der Waals surface area contributed by atoms with Gasteiger partial charge in [-0.05, 0) is 43.3 Å². The molecule has 0 atom stereocenters. The molecule has 1 fully saturated rings. The fraction of sp³-hybridized carbons (Fsp3) is 0.381. The Morgan fingerprint density at radius 2 is 1.62 bits per heavy atom.